The molecule has 0 fully saturated rings. The Bertz CT molecular complexity index is 880. The molecule has 23 heavy (non-hydrogen) atoms. The van der Waals surface area contributed by atoms with Crippen LogP contribution in [-0.4, -0.2) is 36.0 Å². The van der Waals surface area contributed by atoms with E-state index in [0.717, 1.165) is 11.4 Å². The van der Waals surface area contributed by atoms with E-state index in [2.05, 4.69) is 30.5 Å². The molecule has 0 atom stereocenters. The van der Waals surface area contributed by atoms with Gasteiger partial charge in [0.25, 0.3) is 5.95 Å². The van der Waals surface area contributed by atoms with Crippen molar-refractivity contribution in [2.45, 2.75) is 13.8 Å². The van der Waals surface area contributed by atoms with Crippen molar-refractivity contribution in [3.05, 3.63) is 47.5 Å². The molecular weight excluding hydrogens is 298 g/mol. The quantitative estimate of drug-likeness (QED) is 0.717. The molecule has 0 spiro atoms. The maximum absolute atomic E-state index is 10.7. The Hall–Kier alpha value is -3.36. The summed E-state index contributed by atoms with van der Waals surface area (Å²) in [5, 5.41) is 27.1. The van der Waals surface area contributed by atoms with Gasteiger partial charge in [0, 0.05) is 0 Å². The van der Waals surface area contributed by atoms with E-state index in [0.29, 0.717) is 11.4 Å². The molecular formula is C14H13N7O2. The number of carboxylic acids is 1. The van der Waals surface area contributed by atoms with E-state index in [1.54, 1.807) is 4.68 Å². The molecule has 0 radical (unpaired) electrons. The number of nitrogens with one attached hydrogen (secondary N) is 1. The van der Waals surface area contributed by atoms with Crippen molar-refractivity contribution in [2.75, 3.05) is 0 Å². The van der Waals surface area contributed by atoms with Gasteiger partial charge in [-0.05, 0) is 26.0 Å². The van der Waals surface area contributed by atoms with Gasteiger partial charge in [-0.1, -0.05) is 18.2 Å². The van der Waals surface area contributed by atoms with E-state index in [9.17, 15) is 4.79 Å². The molecule has 3 aromatic rings. The minimum atomic E-state index is -1.21. The van der Waals surface area contributed by atoms with Gasteiger partial charge < -0.3 is 5.11 Å². The first-order valence-electron chi connectivity index (χ1n) is 6.75. The number of aromatic nitrogens is 5. The van der Waals surface area contributed by atoms with Gasteiger partial charge in [0.2, 0.25) is 5.82 Å². The van der Waals surface area contributed by atoms with Gasteiger partial charge in [0.15, 0.2) is 0 Å². The molecule has 0 aliphatic carbocycles. The lowest BCUT2D eigenvalue weighted by atomic mass is 10.3. The number of hydrogen-bond donors (Lipinski definition) is 2. The Labute approximate surface area is 130 Å². The Morgan fingerprint density at radius 2 is 1.96 bits per heavy atom. The van der Waals surface area contributed by atoms with Crippen molar-refractivity contribution in [2.24, 2.45) is 10.2 Å². The average molecular weight is 311 g/mol. The van der Waals surface area contributed by atoms with Crippen LogP contribution in [0.1, 0.15) is 22.0 Å². The van der Waals surface area contributed by atoms with Crippen molar-refractivity contribution < 1.29 is 9.90 Å². The van der Waals surface area contributed by atoms with Gasteiger partial charge in [-0.2, -0.15) is 10.1 Å². The number of benzene rings is 1. The van der Waals surface area contributed by atoms with Crippen LogP contribution >= 0.6 is 0 Å². The number of para-hydroxylation sites is 1. The number of hydrogen-bond acceptors (Lipinski definition) is 6. The van der Waals surface area contributed by atoms with Gasteiger partial charge in [-0.15, -0.1) is 15.3 Å². The molecule has 0 saturated carbocycles. The SMILES string of the molecule is Cc1nn(-c2ccccc2)c(C)c1N=Nc1n[nH]c(C(=O)O)n1. The molecule has 2 aromatic heterocycles. The van der Waals surface area contributed by atoms with E-state index < -0.39 is 5.97 Å². The van der Waals surface area contributed by atoms with Crippen LogP contribution in [0.5, 0.6) is 0 Å². The van der Waals surface area contributed by atoms with Crippen LogP contribution in [0.25, 0.3) is 5.69 Å². The van der Waals surface area contributed by atoms with Gasteiger partial charge in [0.1, 0.15) is 5.69 Å². The van der Waals surface area contributed by atoms with Crippen molar-refractivity contribution in [3.8, 4) is 5.69 Å². The summed E-state index contributed by atoms with van der Waals surface area (Å²) in [5.74, 6) is -1.54. The smallest absolute Gasteiger partial charge is 0.373 e. The van der Waals surface area contributed by atoms with Crippen LogP contribution in [-0.2, 0) is 0 Å². The van der Waals surface area contributed by atoms with E-state index in [1.165, 1.54) is 0 Å². The predicted octanol–water partition coefficient (Wildman–Crippen LogP) is 2.72. The Morgan fingerprint density at radius 3 is 2.61 bits per heavy atom. The molecule has 2 N–H and O–H groups in total. The second-order valence-electron chi connectivity index (χ2n) is 4.76. The van der Waals surface area contributed by atoms with E-state index >= 15 is 0 Å². The van der Waals surface area contributed by atoms with Crippen LogP contribution in [0.15, 0.2) is 40.6 Å². The summed E-state index contributed by atoms with van der Waals surface area (Å²) in [6.07, 6.45) is 0. The minimum Gasteiger partial charge on any atom is -0.475 e. The normalized spacial score (nSPS) is 11.2. The molecule has 0 bridgehead atoms. The average Bonchev–Trinajstić information content (AvgIpc) is 3.12. The maximum atomic E-state index is 10.7. The van der Waals surface area contributed by atoms with E-state index in [1.807, 2.05) is 44.2 Å². The minimum absolute atomic E-state index is 0.0475. The topological polar surface area (TPSA) is 121 Å². The van der Waals surface area contributed by atoms with Gasteiger partial charge in [-0.25, -0.2) is 9.48 Å². The Morgan fingerprint density at radius 1 is 1.22 bits per heavy atom. The number of nitrogens with zero attached hydrogens (tertiary/aromatic N) is 6. The summed E-state index contributed by atoms with van der Waals surface area (Å²) >= 11 is 0. The highest BCUT2D eigenvalue weighted by molar-refractivity contribution is 5.83. The number of aromatic carboxylic acids is 1. The van der Waals surface area contributed by atoms with Crippen molar-refractivity contribution >= 4 is 17.6 Å². The zero-order chi connectivity index (χ0) is 16.4. The molecule has 0 aliphatic rings. The molecule has 9 nitrogen and oxygen atoms in total. The first-order chi connectivity index (χ1) is 11.1. The summed E-state index contributed by atoms with van der Waals surface area (Å²) in [7, 11) is 0. The second kappa shape index (κ2) is 5.79. The fourth-order valence-electron chi connectivity index (χ4n) is 2.09. The first-order valence-corrected chi connectivity index (χ1v) is 6.75. The van der Waals surface area contributed by atoms with Crippen LogP contribution in [0, 0.1) is 13.8 Å². The zero-order valence-corrected chi connectivity index (χ0v) is 12.4. The summed E-state index contributed by atoms with van der Waals surface area (Å²) in [6, 6.07) is 9.66. The summed E-state index contributed by atoms with van der Waals surface area (Å²) in [6.45, 7) is 3.70. The van der Waals surface area contributed by atoms with Gasteiger partial charge >= 0.3 is 5.97 Å². The number of carbonyl (C=O) groups is 1. The van der Waals surface area contributed by atoms with Crippen LogP contribution < -0.4 is 0 Å². The lowest BCUT2D eigenvalue weighted by molar-refractivity contribution is 0.0684. The van der Waals surface area contributed by atoms with Gasteiger partial charge in [-0.3, -0.25) is 5.10 Å². The molecule has 3 rings (SSSR count). The molecule has 2 heterocycles. The third-order valence-electron chi connectivity index (χ3n) is 3.17. The molecule has 9 heteroatoms. The number of aryl methyl sites for hydroxylation is 1. The number of azo groups is 1. The second-order valence-corrected chi connectivity index (χ2v) is 4.76. The Kier molecular flexibility index (Phi) is 3.67. The number of aromatic amines is 1. The molecule has 1 aromatic carbocycles. The zero-order valence-electron chi connectivity index (χ0n) is 12.4. The maximum Gasteiger partial charge on any atom is 0.373 e. The number of H-pyrrole nitrogens is 1. The third-order valence-corrected chi connectivity index (χ3v) is 3.17. The summed E-state index contributed by atoms with van der Waals surface area (Å²) in [5.41, 5.74) is 3.02. The monoisotopic (exact) mass is 311 g/mol. The molecule has 116 valence electrons. The van der Waals surface area contributed by atoms with E-state index in [4.69, 9.17) is 5.11 Å². The molecule has 0 amide bonds. The summed E-state index contributed by atoms with van der Waals surface area (Å²) in [4.78, 5) is 14.4. The van der Waals surface area contributed by atoms with Crippen LogP contribution in [0.4, 0.5) is 11.6 Å². The molecule has 0 aliphatic heterocycles. The largest absolute Gasteiger partial charge is 0.475 e. The predicted molar refractivity (Wildman–Crippen MR) is 80.6 cm³/mol. The van der Waals surface area contributed by atoms with E-state index in [-0.39, 0.29) is 11.8 Å². The van der Waals surface area contributed by atoms with Crippen molar-refractivity contribution in [1.29, 1.82) is 0 Å². The standard InChI is InChI=1S/C14H13N7O2/c1-8-11(16-18-14-15-12(13(22)23)17-19-14)9(2)21(20-8)10-6-4-3-5-7-10/h3-7H,1-2H3,(H,22,23)(H,15,17,19). The van der Waals surface area contributed by atoms with Gasteiger partial charge in [0.05, 0.1) is 17.1 Å². The Balaban J connectivity index is 1.93. The van der Waals surface area contributed by atoms with Crippen LogP contribution in [0.3, 0.4) is 0 Å². The van der Waals surface area contributed by atoms with Crippen molar-refractivity contribution in [3.63, 3.8) is 0 Å². The van der Waals surface area contributed by atoms with Crippen molar-refractivity contribution in [1.82, 2.24) is 25.0 Å². The highest BCUT2D eigenvalue weighted by atomic mass is 16.4. The lowest BCUT2D eigenvalue weighted by Crippen LogP contribution is -1.98. The fraction of sp³-hybridized carbons (Fsp3) is 0.143. The number of rotatable bonds is 4. The fourth-order valence-corrected chi connectivity index (χ4v) is 2.09. The lowest BCUT2D eigenvalue weighted by Gasteiger charge is -2.02. The first kappa shape index (κ1) is 14.6. The highest BCUT2D eigenvalue weighted by Crippen LogP contribution is 2.26. The molecule has 0 saturated heterocycles. The molecule has 0 unspecified atom stereocenters. The van der Waals surface area contributed by atoms with Crippen LogP contribution in [0.2, 0.25) is 0 Å². The third kappa shape index (κ3) is 2.84. The highest BCUT2D eigenvalue weighted by Gasteiger charge is 2.13. The summed E-state index contributed by atoms with van der Waals surface area (Å²) < 4.78 is 1.77. The number of carboxylic acid groups (broad SMARTS) is 1.